The first-order valence-corrected chi connectivity index (χ1v) is 8.39. The Morgan fingerprint density at radius 1 is 0.952 bits per heavy atom. The second-order valence-electron chi connectivity index (χ2n) is 6.93. The molecule has 0 saturated carbocycles. The highest BCUT2D eigenvalue weighted by Crippen LogP contribution is 2.55. The standard InChI is InChI=1S/C19H22N2/c1-2-7-14(8-3-1)18-15-13-20-11-6-10-17(20)19(15)21-12-5-4-9-16(18)21/h1-3,6-8,10-11,15-16,18-19H,4-5,9,12-13H2/t15-,16+,18+,19+/m0/s1. The van der Waals surface area contributed by atoms with Crippen molar-refractivity contribution in [3.8, 4) is 0 Å². The van der Waals surface area contributed by atoms with Crippen LogP contribution >= 0.6 is 0 Å². The van der Waals surface area contributed by atoms with Crippen LogP contribution in [0.15, 0.2) is 48.7 Å². The van der Waals surface area contributed by atoms with Crippen LogP contribution in [-0.2, 0) is 6.54 Å². The van der Waals surface area contributed by atoms with Crippen LogP contribution in [0.2, 0.25) is 0 Å². The van der Waals surface area contributed by atoms with Gasteiger partial charge in [-0.25, -0.2) is 0 Å². The highest BCUT2D eigenvalue weighted by atomic mass is 15.3. The summed E-state index contributed by atoms with van der Waals surface area (Å²) in [6.07, 6.45) is 6.44. The third-order valence-corrected chi connectivity index (χ3v) is 5.99. The predicted molar refractivity (Wildman–Crippen MR) is 84.2 cm³/mol. The van der Waals surface area contributed by atoms with Crippen molar-refractivity contribution in [3.63, 3.8) is 0 Å². The van der Waals surface area contributed by atoms with Crippen LogP contribution in [0.4, 0.5) is 0 Å². The number of piperidine rings is 1. The van der Waals surface area contributed by atoms with Crippen LogP contribution in [0.25, 0.3) is 0 Å². The molecule has 0 N–H and O–H groups in total. The fraction of sp³-hybridized carbons (Fsp3) is 0.474. The monoisotopic (exact) mass is 278 g/mol. The highest BCUT2D eigenvalue weighted by molar-refractivity contribution is 5.31. The molecular weight excluding hydrogens is 256 g/mol. The van der Waals surface area contributed by atoms with Gasteiger partial charge in [0.05, 0.1) is 6.04 Å². The molecule has 0 amide bonds. The van der Waals surface area contributed by atoms with Gasteiger partial charge in [0.15, 0.2) is 0 Å². The molecule has 21 heavy (non-hydrogen) atoms. The van der Waals surface area contributed by atoms with Gasteiger partial charge in [0.2, 0.25) is 0 Å². The fourth-order valence-corrected chi connectivity index (χ4v) is 5.27. The molecule has 1 aromatic heterocycles. The first kappa shape index (κ1) is 12.0. The normalized spacial score (nSPS) is 34.5. The molecule has 2 fully saturated rings. The van der Waals surface area contributed by atoms with E-state index in [-0.39, 0.29) is 0 Å². The third kappa shape index (κ3) is 1.63. The molecule has 0 radical (unpaired) electrons. The first-order valence-electron chi connectivity index (χ1n) is 8.39. The van der Waals surface area contributed by atoms with Gasteiger partial charge in [0.25, 0.3) is 0 Å². The molecule has 3 aliphatic rings. The van der Waals surface area contributed by atoms with Crippen molar-refractivity contribution in [2.24, 2.45) is 5.92 Å². The minimum absolute atomic E-state index is 0.663. The van der Waals surface area contributed by atoms with Gasteiger partial charge in [-0.3, -0.25) is 4.90 Å². The number of rotatable bonds is 1. The van der Waals surface area contributed by atoms with Gasteiger partial charge in [-0.2, -0.15) is 0 Å². The van der Waals surface area contributed by atoms with Gasteiger partial charge in [0.1, 0.15) is 0 Å². The van der Waals surface area contributed by atoms with Gasteiger partial charge in [-0.1, -0.05) is 36.8 Å². The summed E-state index contributed by atoms with van der Waals surface area (Å²) in [6, 6.07) is 17.3. The summed E-state index contributed by atoms with van der Waals surface area (Å²) < 4.78 is 2.50. The van der Waals surface area contributed by atoms with Crippen molar-refractivity contribution in [3.05, 3.63) is 59.9 Å². The molecule has 4 atom stereocenters. The van der Waals surface area contributed by atoms with E-state index in [1.165, 1.54) is 32.4 Å². The van der Waals surface area contributed by atoms with Gasteiger partial charge in [0, 0.05) is 36.3 Å². The van der Waals surface area contributed by atoms with E-state index in [1.807, 2.05) is 0 Å². The average molecular weight is 278 g/mol. The molecule has 2 aromatic rings. The molecule has 5 rings (SSSR count). The van der Waals surface area contributed by atoms with Crippen molar-refractivity contribution >= 4 is 0 Å². The maximum Gasteiger partial charge on any atom is 0.0555 e. The van der Waals surface area contributed by atoms with Crippen LogP contribution in [0.1, 0.15) is 42.5 Å². The number of aromatic nitrogens is 1. The van der Waals surface area contributed by atoms with E-state index in [2.05, 4.69) is 58.1 Å². The Morgan fingerprint density at radius 2 is 1.86 bits per heavy atom. The van der Waals surface area contributed by atoms with Gasteiger partial charge < -0.3 is 4.57 Å². The van der Waals surface area contributed by atoms with E-state index in [9.17, 15) is 0 Å². The Bertz CT molecular complexity index is 645. The van der Waals surface area contributed by atoms with Crippen LogP contribution in [0.5, 0.6) is 0 Å². The second kappa shape index (κ2) is 4.48. The average Bonchev–Trinajstić information content (AvgIpc) is 3.17. The maximum atomic E-state index is 2.84. The first-order chi connectivity index (χ1) is 10.4. The summed E-state index contributed by atoms with van der Waals surface area (Å²) in [4.78, 5) is 2.84. The molecule has 2 saturated heterocycles. The quantitative estimate of drug-likeness (QED) is 0.770. The van der Waals surface area contributed by atoms with Gasteiger partial charge in [-0.05, 0) is 37.1 Å². The minimum Gasteiger partial charge on any atom is -0.350 e. The van der Waals surface area contributed by atoms with E-state index in [4.69, 9.17) is 0 Å². The topological polar surface area (TPSA) is 8.17 Å². The van der Waals surface area contributed by atoms with Crippen LogP contribution in [-0.4, -0.2) is 22.1 Å². The summed E-state index contributed by atoms with van der Waals surface area (Å²) in [5.74, 6) is 1.49. The molecule has 2 nitrogen and oxygen atoms in total. The Balaban J connectivity index is 1.61. The number of hydrogen-bond acceptors (Lipinski definition) is 1. The third-order valence-electron chi connectivity index (χ3n) is 5.99. The van der Waals surface area contributed by atoms with Crippen molar-refractivity contribution in [2.45, 2.75) is 43.8 Å². The summed E-state index contributed by atoms with van der Waals surface area (Å²) in [5.41, 5.74) is 3.12. The van der Waals surface area contributed by atoms with Crippen molar-refractivity contribution < 1.29 is 0 Å². The molecule has 108 valence electrons. The van der Waals surface area contributed by atoms with Crippen LogP contribution in [0.3, 0.4) is 0 Å². The lowest BCUT2D eigenvalue weighted by Gasteiger charge is -2.35. The molecule has 0 unspecified atom stereocenters. The Kier molecular flexibility index (Phi) is 2.57. The number of benzene rings is 1. The zero-order valence-corrected chi connectivity index (χ0v) is 12.4. The van der Waals surface area contributed by atoms with Gasteiger partial charge in [-0.15, -0.1) is 0 Å². The Labute approximate surface area is 126 Å². The highest BCUT2D eigenvalue weighted by Gasteiger charge is 2.53. The summed E-state index contributed by atoms with van der Waals surface area (Å²) >= 11 is 0. The van der Waals surface area contributed by atoms with E-state index >= 15 is 0 Å². The number of fused-ring (bicyclic) bond motifs is 5. The molecular formula is C19H22N2. The van der Waals surface area contributed by atoms with E-state index < -0.39 is 0 Å². The maximum absolute atomic E-state index is 2.84. The minimum atomic E-state index is 0.663. The molecule has 4 heterocycles. The summed E-state index contributed by atoms with van der Waals surface area (Å²) in [7, 11) is 0. The SMILES string of the molecule is c1ccc([C@@H]2[C@@H]3Cn4cccc4[C@@H]3N3CCCC[C@H]23)cc1. The zero-order chi connectivity index (χ0) is 13.8. The lowest BCUT2D eigenvalue weighted by molar-refractivity contribution is 0.141. The van der Waals surface area contributed by atoms with Crippen molar-refractivity contribution in [2.75, 3.05) is 6.54 Å². The predicted octanol–water partition coefficient (Wildman–Crippen LogP) is 3.81. The van der Waals surface area contributed by atoms with Crippen LogP contribution in [0, 0.1) is 5.92 Å². The lowest BCUT2D eigenvalue weighted by Crippen LogP contribution is -2.38. The molecule has 0 spiro atoms. The Morgan fingerprint density at radius 3 is 2.76 bits per heavy atom. The smallest absolute Gasteiger partial charge is 0.0555 e. The van der Waals surface area contributed by atoms with E-state index in [1.54, 1.807) is 11.3 Å². The number of nitrogens with zero attached hydrogens (tertiary/aromatic N) is 2. The summed E-state index contributed by atoms with van der Waals surface area (Å²) in [6.45, 7) is 2.50. The van der Waals surface area contributed by atoms with E-state index in [0.29, 0.717) is 6.04 Å². The van der Waals surface area contributed by atoms with Crippen molar-refractivity contribution in [1.29, 1.82) is 0 Å². The zero-order valence-electron chi connectivity index (χ0n) is 12.4. The molecule has 2 heteroatoms. The van der Waals surface area contributed by atoms with Gasteiger partial charge >= 0.3 is 0 Å². The lowest BCUT2D eigenvalue weighted by atomic mass is 9.80. The molecule has 0 aliphatic carbocycles. The second-order valence-corrected chi connectivity index (χ2v) is 6.93. The Hall–Kier alpha value is -1.54. The fourth-order valence-electron chi connectivity index (χ4n) is 5.27. The van der Waals surface area contributed by atoms with E-state index in [0.717, 1.165) is 17.9 Å². The summed E-state index contributed by atoms with van der Waals surface area (Å²) in [5, 5.41) is 0. The molecule has 3 aliphatic heterocycles. The molecule has 0 bridgehead atoms. The molecule has 1 aromatic carbocycles. The van der Waals surface area contributed by atoms with Crippen LogP contribution < -0.4 is 0 Å². The van der Waals surface area contributed by atoms with Crippen molar-refractivity contribution in [1.82, 2.24) is 9.47 Å². The largest absolute Gasteiger partial charge is 0.350 e. The number of hydrogen-bond donors (Lipinski definition) is 0.